The number of morpholine rings is 1. The summed E-state index contributed by atoms with van der Waals surface area (Å²) in [5.41, 5.74) is 1.42. The first kappa shape index (κ1) is 22.6. The Morgan fingerprint density at radius 3 is 2.35 bits per heavy atom. The monoisotopic (exact) mass is 485 g/mol. The molecule has 2 aliphatic rings. The lowest BCUT2D eigenvalue weighted by atomic mass is 10.2. The van der Waals surface area contributed by atoms with E-state index in [2.05, 4.69) is 0 Å². The van der Waals surface area contributed by atoms with E-state index in [9.17, 15) is 17.6 Å². The van der Waals surface area contributed by atoms with Crippen LogP contribution in [-0.4, -0.2) is 75.0 Å². The number of fused-ring (bicyclic) bond motifs is 2. The van der Waals surface area contributed by atoms with Crippen LogP contribution in [0.15, 0.2) is 47.4 Å². The molecule has 3 aromatic rings. The second-order valence-electron chi connectivity index (χ2n) is 8.25. The van der Waals surface area contributed by atoms with Crippen LogP contribution in [0.3, 0.4) is 0 Å². The Kier molecular flexibility index (Phi) is 5.92. The fraction of sp³-hybridized carbons (Fsp3) is 0.348. The Hall–Kier alpha value is -3.15. The Balaban J connectivity index is 1.56. The van der Waals surface area contributed by atoms with E-state index < -0.39 is 26.6 Å². The lowest BCUT2D eigenvalue weighted by Gasteiger charge is -2.26. The zero-order chi connectivity index (χ0) is 23.9. The van der Waals surface area contributed by atoms with Crippen molar-refractivity contribution in [1.82, 2.24) is 14.3 Å². The first-order chi connectivity index (χ1) is 16.4. The summed E-state index contributed by atoms with van der Waals surface area (Å²) in [6.07, 6.45) is 0.663. The fourth-order valence-electron chi connectivity index (χ4n) is 4.21. The topological polar surface area (TPSA) is 95.9 Å². The normalized spacial score (nSPS) is 17.5. The minimum absolute atomic E-state index is 0.0682. The lowest BCUT2D eigenvalue weighted by molar-refractivity contribution is 0.0729. The van der Waals surface area contributed by atoms with Gasteiger partial charge in [-0.05, 0) is 36.8 Å². The maximum absolute atomic E-state index is 14.7. The number of nitrogens with zero attached hydrogens (tertiary/aromatic N) is 5. The number of halogens is 1. The molecule has 0 radical (unpaired) electrons. The Morgan fingerprint density at radius 2 is 1.65 bits per heavy atom. The van der Waals surface area contributed by atoms with E-state index in [1.54, 1.807) is 0 Å². The van der Waals surface area contributed by atoms with Crippen molar-refractivity contribution in [3.05, 3.63) is 53.8 Å². The molecule has 2 aliphatic heterocycles. The number of hydrogen-bond acceptors (Lipinski definition) is 7. The van der Waals surface area contributed by atoms with Gasteiger partial charge in [-0.2, -0.15) is 4.31 Å². The summed E-state index contributed by atoms with van der Waals surface area (Å²) in [7, 11) is -2.22. The van der Waals surface area contributed by atoms with Crippen LogP contribution in [0.25, 0.3) is 11.0 Å². The highest BCUT2D eigenvalue weighted by molar-refractivity contribution is 7.89. The molecule has 3 heterocycles. The lowest BCUT2D eigenvalue weighted by Crippen LogP contribution is -2.41. The molecule has 1 saturated heterocycles. The van der Waals surface area contributed by atoms with Crippen LogP contribution in [0, 0.1) is 5.82 Å². The third-order valence-corrected chi connectivity index (χ3v) is 7.95. The summed E-state index contributed by atoms with van der Waals surface area (Å²) in [6, 6.07) is 10.8. The van der Waals surface area contributed by atoms with Crippen molar-refractivity contribution >= 4 is 38.6 Å². The van der Waals surface area contributed by atoms with Gasteiger partial charge in [0.2, 0.25) is 10.0 Å². The molecule has 11 heteroatoms. The standard InChI is InChI=1S/C23H24FN5O4S/c1-27-9-4-10-29(22-21(27)25-18-5-2-3-6-19(18)26-22)23(30)16-7-8-17(24)20(15-16)34(31,32)28-11-13-33-14-12-28/h2-3,5-8,15H,4,9-14H2,1H3. The van der Waals surface area contributed by atoms with Gasteiger partial charge in [0.15, 0.2) is 11.6 Å². The molecule has 0 aliphatic carbocycles. The van der Waals surface area contributed by atoms with Crippen molar-refractivity contribution in [1.29, 1.82) is 0 Å². The number of aromatic nitrogens is 2. The minimum atomic E-state index is -4.11. The average Bonchev–Trinajstić information content (AvgIpc) is 3.01. The van der Waals surface area contributed by atoms with Gasteiger partial charge in [0.25, 0.3) is 5.91 Å². The molecule has 0 spiro atoms. The fourth-order valence-corrected chi connectivity index (χ4v) is 5.71. The van der Waals surface area contributed by atoms with Gasteiger partial charge in [-0.3, -0.25) is 9.69 Å². The molecule has 0 N–H and O–H groups in total. The van der Waals surface area contributed by atoms with E-state index in [1.807, 2.05) is 36.2 Å². The number of ether oxygens (including phenoxy) is 1. The molecular weight excluding hydrogens is 461 g/mol. The summed E-state index contributed by atoms with van der Waals surface area (Å²) >= 11 is 0. The average molecular weight is 486 g/mol. The van der Waals surface area contributed by atoms with Gasteiger partial charge in [0.05, 0.1) is 24.2 Å². The predicted octanol–water partition coefficient (Wildman–Crippen LogP) is 2.28. The molecule has 34 heavy (non-hydrogen) atoms. The molecule has 0 saturated carbocycles. The molecule has 1 aromatic heterocycles. The summed E-state index contributed by atoms with van der Waals surface area (Å²) in [4.78, 5) is 26.0. The van der Waals surface area contributed by atoms with Crippen molar-refractivity contribution in [3.63, 3.8) is 0 Å². The van der Waals surface area contributed by atoms with Crippen molar-refractivity contribution in [2.24, 2.45) is 0 Å². The van der Waals surface area contributed by atoms with Crippen LogP contribution < -0.4 is 9.80 Å². The third-order valence-electron chi connectivity index (χ3n) is 6.04. The van der Waals surface area contributed by atoms with Gasteiger partial charge in [-0.25, -0.2) is 22.8 Å². The maximum atomic E-state index is 14.7. The molecule has 178 valence electrons. The van der Waals surface area contributed by atoms with Crippen LogP contribution in [0.4, 0.5) is 16.0 Å². The molecule has 1 fully saturated rings. The number of carbonyl (C=O) groups is 1. The van der Waals surface area contributed by atoms with Crippen molar-refractivity contribution in [3.8, 4) is 0 Å². The number of sulfonamides is 1. The second kappa shape index (κ2) is 8.90. The Morgan fingerprint density at radius 1 is 0.971 bits per heavy atom. The highest BCUT2D eigenvalue weighted by Crippen LogP contribution is 2.32. The molecule has 5 rings (SSSR count). The quantitative estimate of drug-likeness (QED) is 0.562. The number of hydrogen-bond donors (Lipinski definition) is 0. The highest BCUT2D eigenvalue weighted by atomic mass is 32.2. The number of benzene rings is 2. The molecule has 0 bridgehead atoms. The van der Waals surface area contributed by atoms with Crippen molar-refractivity contribution in [2.45, 2.75) is 11.3 Å². The van der Waals surface area contributed by atoms with Crippen LogP contribution in [0.2, 0.25) is 0 Å². The first-order valence-corrected chi connectivity index (χ1v) is 12.5. The van der Waals surface area contributed by atoms with Crippen molar-refractivity contribution < 1.29 is 22.3 Å². The van der Waals surface area contributed by atoms with Gasteiger partial charge < -0.3 is 9.64 Å². The number of anilines is 2. The predicted molar refractivity (Wildman–Crippen MR) is 125 cm³/mol. The molecule has 1 amide bonds. The Bertz CT molecular complexity index is 1360. The summed E-state index contributed by atoms with van der Waals surface area (Å²) in [5.74, 6) is -0.400. The molecule has 2 aromatic carbocycles. The summed E-state index contributed by atoms with van der Waals surface area (Å²) in [5, 5.41) is 0. The molecular formula is C23H24FN5O4S. The minimum Gasteiger partial charge on any atom is -0.379 e. The van der Waals surface area contributed by atoms with Gasteiger partial charge in [-0.1, -0.05) is 12.1 Å². The number of amides is 1. The third kappa shape index (κ3) is 3.99. The Labute approximate surface area is 196 Å². The van der Waals surface area contributed by atoms with Crippen LogP contribution in [0.5, 0.6) is 0 Å². The van der Waals surface area contributed by atoms with Crippen LogP contribution >= 0.6 is 0 Å². The maximum Gasteiger partial charge on any atom is 0.259 e. The van der Waals surface area contributed by atoms with Crippen LogP contribution in [0.1, 0.15) is 16.8 Å². The van der Waals surface area contributed by atoms with Gasteiger partial charge in [0, 0.05) is 38.8 Å². The van der Waals surface area contributed by atoms with E-state index in [0.717, 1.165) is 12.1 Å². The van der Waals surface area contributed by atoms with Gasteiger partial charge in [0.1, 0.15) is 10.7 Å². The summed E-state index contributed by atoms with van der Waals surface area (Å²) in [6.45, 7) is 1.78. The summed E-state index contributed by atoms with van der Waals surface area (Å²) < 4.78 is 47.2. The van der Waals surface area contributed by atoms with Crippen LogP contribution in [-0.2, 0) is 14.8 Å². The van der Waals surface area contributed by atoms with E-state index in [1.165, 1.54) is 15.3 Å². The zero-order valence-corrected chi connectivity index (χ0v) is 19.5. The van der Waals surface area contributed by atoms with E-state index in [4.69, 9.17) is 14.7 Å². The van der Waals surface area contributed by atoms with E-state index in [0.29, 0.717) is 42.2 Å². The smallest absolute Gasteiger partial charge is 0.259 e. The zero-order valence-electron chi connectivity index (χ0n) is 18.6. The number of para-hydroxylation sites is 2. The van der Waals surface area contributed by atoms with E-state index >= 15 is 0 Å². The van der Waals surface area contributed by atoms with E-state index in [-0.39, 0.29) is 31.9 Å². The SMILES string of the molecule is CN1CCCN(C(=O)c2ccc(F)c(S(=O)(=O)N3CCOCC3)c2)c2nc3ccccc3nc21. The first-order valence-electron chi connectivity index (χ1n) is 11.0. The highest BCUT2D eigenvalue weighted by Gasteiger charge is 2.32. The largest absolute Gasteiger partial charge is 0.379 e. The molecule has 0 atom stereocenters. The number of rotatable bonds is 3. The van der Waals surface area contributed by atoms with Crippen molar-refractivity contribution in [2.75, 3.05) is 56.2 Å². The second-order valence-corrected chi connectivity index (χ2v) is 10.2. The van der Waals surface area contributed by atoms with Gasteiger partial charge >= 0.3 is 0 Å². The molecule has 9 nitrogen and oxygen atoms in total. The molecule has 0 unspecified atom stereocenters. The van der Waals surface area contributed by atoms with Gasteiger partial charge in [-0.15, -0.1) is 0 Å². The number of carbonyl (C=O) groups excluding carboxylic acids is 1.